The van der Waals surface area contributed by atoms with E-state index >= 15 is 0 Å². The molecule has 2 heterocycles. The summed E-state index contributed by atoms with van der Waals surface area (Å²) in [6.07, 6.45) is 5.37. The number of rotatable bonds is 3. The van der Waals surface area contributed by atoms with Crippen molar-refractivity contribution in [1.29, 1.82) is 0 Å². The highest BCUT2D eigenvalue weighted by atomic mass is 35.5. The van der Waals surface area contributed by atoms with Crippen LogP contribution >= 0.6 is 11.6 Å². The summed E-state index contributed by atoms with van der Waals surface area (Å²) in [6.45, 7) is 0. The molecule has 4 aromatic rings. The summed E-state index contributed by atoms with van der Waals surface area (Å²) < 4.78 is 5.46. The first-order valence-corrected chi connectivity index (χ1v) is 8.28. The molecule has 122 valence electrons. The van der Waals surface area contributed by atoms with Crippen molar-refractivity contribution in [2.75, 3.05) is 7.11 Å². The molecule has 0 amide bonds. The van der Waals surface area contributed by atoms with Crippen LogP contribution in [0.5, 0.6) is 5.75 Å². The quantitative estimate of drug-likeness (QED) is 0.482. The summed E-state index contributed by atoms with van der Waals surface area (Å²) >= 11 is 6.45. The second-order valence-electron chi connectivity index (χ2n) is 5.66. The molecule has 25 heavy (non-hydrogen) atoms. The lowest BCUT2D eigenvalue weighted by Gasteiger charge is -2.13. The van der Waals surface area contributed by atoms with Crippen LogP contribution in [0.25, 0.3) is 33.2 Å². The first-order chi connectivity index (χ1) is 12.3. The number of fused-ring (bicyclic) bond motifs is 1. The fourth-order valence-corrected chi connectivity index (χ4v) is 3.32. The van der Waals surface area contributed by atoms with Crippen LogP contribution in [0.4, 0.5) is 0 Å². The zero-order chi connectivity index (χ0) is 17.2. The van der Waals surface area contributed by atoms with Gasteiger partial charge in [-0.3, -0.25) is 9.97 Å². The molecule has 0 aliphatic rings. The van der Waals surface area contributed by atoms with E-state index in [0.29, 0.717) is 10.8 Å². The fourth-order valence-electron chi connectivity index (χ4n) is 3.03. The normalized spacial score (nSPS) is 10.8. The molecule has 0 aliphatic heterocycles. The Morgan fingerprint density at radius 2 is 1.64 bits per heavy atom. The van der Waals surface area contributed by atoms with E-state index in [0.717, 1.165) is 33.2 Å². The first kappa shape index (κ1) is 15.6. The first-order valence-electron chi connectivity index (χ1n) is 7.90. The predicted octanol–water partition coefficient (Wildman–Crippen LogP) is 5.63. The molecule has 0 unspecified atom stereocenters. The van der Waals surface area contributed by atoms with Crippen molar-refractivity contribution in [3.05, 3.63) is 78.2 Å². The standard InChI is InChI=1S/C21H15ClN2O/c1-25-21-17-6-3-9-24-20(17)18(13-19(21)22)16-5-2-4-15(12-16)14-7-10-23-11-8-14/h2-13H,1H3. The average Bonchev–Trinajstić information content (AvgIpc) is 2.68. The van der Waals surface area contributed by atoms with Gasteiger partial charge in [0.2, 0.25) is 0 Å². The fraction of sp³-hybridized carbons (Fsp3) is 0.0476. The second-order valence-corrected chi connectivity index (χ2v) is 6.06. The van der Waals surface area contributed by atoms with Gasteiger partial charge in [0, 0.05) is 29.5 Å². The molecule has 0 N–H and O–H groups in total. The molecule has 0 aliphatic carbocycles. The van der Waals surface area contributed by atoms with Crippen LogP contribution < -0.4 is 4.74 Å². The lowest BCUT2D eigenvalue weighted by Crippen LogP contribution is -1.91. The Morgan fingerprint density at radius 1 is 0.840 bits per heavy atom. The van der Waals surface area contributed by atoms with Crippen LogP contribution in [0.3, 0.4) is 0 Å². The predicted molar refractivity (Wildman–Crippen MR) is 102 cm³/mol. The highest BCUT2D eigenvalue weighted by Gasteiger charge is 2.14. The van der Waals surface area contributed by atoms with Gasteiger partial charge < -0.3 is 4.74 Å². The maximum absolute atomic E-state index is 6.45. The van der Waals surface area contributed by atoms with Crippen LogP contribution in [0, 0.1) is 0 Å². The summed E-state index contributed by atoms with van der Waals surface area (Å²) in [5.74, 6) is 0.652. The largest absolute Gasteiger partial charge is 0.494 e. The highest BCUT2D eigenvalue weighted by molar-refractivity contribution is 6.34. The van der Waals surface area contributed by atoms with Gasteiger partial charge >= 0.3 is 0 Å². The molecule has 4 heteroatoms. The van der Waals surface area contributed by atoms with E-state index in [4.69, 9.17) is 16.3 Å². The molecular formula is C21H15ClN2O. The third kappa shape index (κ3) is 2.83. The molecule has 4 rings (SSSR count). The Balaban J connectivity index is 1.94. The third-order valence-electron chi connectivity index (χ3n) is 4.19. The van der Waals surface area contributed by atoms with Gasteiger partial charge in [-0.05, 0) is 53.1 Å². The Morgan fingerprint density at radius 3 is 2.44 bits per heavy atom. The van der Waals surface area contributed by atoms with Crippen molar-refractivity contribution < 1.29 is 4.74 Å². The maximum atomic E-state index is 6.45. The molecule has 0 radical (unpaired) electrons. The molecule has 2 aromatic heterocycles. The summed E-state index contributed by atoms with van der Waals surface area (Å²) in [6, 6.07) is 18.1. The number of pyridine rings is 2. The lowest BCUT2D eigenvalue weighted by atomic mass is 9.97. The van der Waals surface area contributed by atoms with Crippen molar-refractivity contribution in [3.8, 4) is 28.0 Å². The number of hydrogen-bond acceptors (Lipinski definition) is 3. The summed E-state index contributed by atoms with van der Waals surface area (Å²) in [5, 5.41) is 1.48. The smallest absolute Gasteiger partial charge is 0.146 e. The molecule has 0 spiro atoms. The van der Waals surface area contributed by atoms with E-state index in [1.165, 1.54) is 0 Å². The Bertz CT molecular complexity index is 1050. The molecule has 0 fully saturated rings. The summed E-state index contributed by atoms with van der Waals surface area (Å²) in [4.78, 5) is 8.64. The molecule has 0 saturated carbocycles. The van der Waals surface area contributed by atoms with Gasteiger partial charge in [0.1, 0.15) is 5.75 Å². The minimum absolute atomic E-state index is 0.576. The Hall–Kier alpha value is -2.91. The molecule has 0 saturated heterocycles. The van der Waals surface area contributed by atoms with Gasteiger partial charge in [0.15, 0.2) is 0 Å². The number of halogens is 1. The van der Waals surface area contributed by atoms with Gasteiger partial charge in [0.05, 0.1) is 17.6 Å². The van der Waals surface area contributed by atoms with E-state index in [1.54, 1.807) is 25.7 Å². The average molecular weight is 347 g/mol. The van der Waals surface area contributed by atoms with Gasteiger partial charge in [0.25, 0.3) is 0 Å². The molecular weight excluding hydrogens is 332 g/mol. The van der Waals surface area contributed by atoms with Crippen molar-refractivity contribution >= 4 is 22.5 Å². The number of methoxy groups -OCH3 is 1. The van der Waals surface area contributed by atoms with Crippen LogP contribution in [0.2, 0.25) is 5.02 Å². The minimum atomic E-state index is 0.576. The SMILES string of the molecule is COc1c(Cl)cc(-c2cccc(-c3ccncc3)c2)c2ncccc12. The van der Waals surface area contributed by atoms with E-state index in [9.17, 15) is 0 Å². The highest BCUT2D eigenvalue weighted by Crippen LogP contribution is 2.39. The van der Waals surface area contributed by atoms with Crippen LogP contribution in [0.15, 0.2) is 73.2 Å². The van der Waals surface area contributed by atoms with Gasteiger partial charge in [-0.1, -0.05) is 29.8 Å². The van der Waals surface area contributed by atoms with Crippen molar-refractivity contribution in [2.45, 2.75) is 0 Å². The van der Waals surface area contributed by atoms with Gasteiger partial charge in [-0.25, -0.2) is 0 Å². The van der Waals surface area contributed by atoms with Crippen molar-refractivity contribution in [2.24, 2.45) is 0 Å². The van der Waals surface area contributed by atoms with Crippen molar-refractivity contribution in [1.82, 2.24) is 9.97 Å². The van der Waals surface area contributed by atoms with Gasteiger partial charge in [-0.2, -0.15) is 0 Å². The third-order valence-corrected chi connectivity index (χ3v) is 4.47. The topological polar surface area (TPSA) is 35.0 Å². The van der Waals surface area contributed by atoms with Crippen LogP contribution in [-0.2, 0) is 0 Å². The number of nitrogens with zero attached hydrogens (tertiary/aromatic N) is 2. The molecule has 0 bridgehead atoms. The van der Waals surface area contributed by atoms with Crippen LogP contribution in [0.1, 0.15) is 0 Å². The number of hydrogen-bond donors (Lipinski definition) is 0. The summed E-state index contributed by atoms with van der Waals surface area (Å²) in [5.41, 5.74) is 5.15. The van der Waals surface area contributed by atoms with E-state index in [-0.39, 0.29) is 0 Å². The van der Waals surface area contributed by atoms with Gasteiger partial charge in [-0.15, -0.1) is 0 Å². The molecule has 3 nitrogen and oxygen atoms in total. The van der Waals surface area contributed by atoms with E-state index in [2.05, 4.69) is 28.2 Å². The van der Waals surface area contributed by atoms with E-state index < -0.39 is 0 Å². The van der Waals surface area contributed by atoms with Crippen molar-refractivity contribution in [3.63, 3.8) is 0 Å². The van der Waals surface area contributed by atoms with Crippen LogP contribution in [-0.4, -0.2) is 17.1 Å². The lowest BCUT2D eigenvalue weighted by molar-refractivity contribution is 0.420. The summed E-state index contributed by atoms with van der Waals surface area (Å²) in [7, 11) is 1.62. The second kappa shape index (κ2) is 6.54. The monoisotopic (exact) mass is 346 g/mol. The Labute approximate surface area is 150 Å². The molecule has 2 aromatic carbocycles. The maximum Gasteiger partial charge on any atom is 0.146 e. The Kier molecular flexibility index (Phi) is 4.08. The van der Waals surface area contributed by atoms with E-state index in [1.807, 2.05) is 36.4 Å². The minimum Gasteiger partial charge on any atom is -0.494 e. The number of aromatic nitrogens is 2. The zero-order valence-corrected chi connectivity index (χ0v) is 14.4. The zero-order valence-electron chi connectivity index (χ0n) is 13.6. The molecule has 0 atom stereocenters. The number of benzene rings is 2. The number of ether oxygens (including phenoxy) is 1.